The van der Waals surface area contributed by atoms with Crippen molar-refractivity contribution in [2.45, 2.75) is 76.3 Å². The predicted octanol–water partition coefficient (Wildman–Crippen LogP) is 2.41. The maximum atomic E-state index is 12.7. The second kappa shape index (κ2) is 7.34. The molecule has 0 radical (unpaired) electrons. The Morgan fingerprint density at radius 1 is 1.00 bits per heavy atom. The van der Waals surface area contributed by atoms with Gasteiger partial charge in [0.15, 0.2) is 0 Å². The van der Waals surface area contributed by atoms with Crippen LogP contribution >= 0.6 is 0 Å². The maximum absolute atomic E-state index is 12.7. The van der Waals surface area contributed by atoms with Gasteiger partial charge in [0.05, 0.1) is 0 Å². The summed E-state index contributed by atoms with van der Waals surface area (Å²) < 4.78 is 0. The highest BCUT2D eigenvalue weighted by Gasteiger charge is 2.36. The molecule has 2 aliphatic heterocycles. The first-order valence-electron chi connectivity index (χ1n) is 9.10. The van der Waals surface area contributed by atoms with Gasteiger partial charge in [-0.05, 0) is 50.9 Å². The van der Waals surface area contributed by atoms with Crippen molar-refractivity contribution >= 4 is 11.9 Å². The molecule has 0 aromatic rings. The van der Waals surface area contributed by atoms with Gasteiger partial charge in [0, 0.05) is 19.1 Å². The summed E-state index contributed by atoms with van der Waals surface area (Å²) in [6.45, 7) is 1.58. The molecule has 0 aromatic heterocycles. The van der Waals surface area contributed by atoms with Crippen LogP contribution in [0.5, 0.6) is 0 Å². The first kappa shape index (κ1) is 15.6. The lowest BCUT2D eigenvalue weighted by molar-refractivity contribution is -0.122. The van der Waals surface area contributed by atoms with E-state index in [1.54, 1.807) is 0 Å². The summed E-state index contributed by atoms with van der Waals surface area (Å²) in [7, 11) is 0. The van der Waals surface area contributed by atoms with Crippen LogP contribution in [0, 0.1) is 5.92 Å². The molecule has 1 aliphatic carbocycles. The third-order valence-corrected chi connectivity index (χ3v) is 5.59. The molecule has 2 atom stereocenters. The van der Waals surface area contributed by atoms with Gasteiger partial charge in [0.2, 0.25) is 5.91 Å². The van der Waals surface area contributed by atoms with Crippen molar-refractivity contribution in [2.24, 2.45) is 5.92 Å². The normalized spacial score (nSPS) is 30.7. The Bertz CT molecular complexity index is 407. The number of nitrogens with one attached hydrogen (secondary N) is 2. The number of rotatable bonds is 2. The molecule has 0 aromatic carbocycles. The van der Waals surface area contributed by atoms with Crippen LogP contribution in [0.4, 0.5) is 4.79 Å². The molecule has 0 unspecified atom stereocenters. The van der Waals surface area contributed by atoms with Crippen molar-refractivity contribution in [3.05, 3.63) is 0 Å². The molecular weight excluding hydrogens is 278 g/mol. The van der Waals surface area contributed by atoms with Crippen molar-refractivity contribution < 1.29 is 9.59 Å². The van der Waals surface area contributed by atoms with Crippen LogP contribution in [-0.2, 0) is 4.79 Å². The molecule has 0 bridgehead atoms. The number of likely N-dealkylation sites (tertiary alicyclic amines) is 1. The van der Waals surface area contributed by atoms with Crippen LogP contribution in [0.25, 0.3) is 0 Å². The topological polar surface area (TPSA) is 61.4 Å². The van der Waals surface area contributed by atoms with E-state index < -0.39 is 0 Å². The van der Waals surface area contributed by atoms with Gasteiger partial charge in [0.1, 0.15) is 6.04 Å². The Morgan fingerprint density at radius 3 is 2.59 bits per heavy atom. The zero-order valence-electron chi connectivity index (χ0n) is 13.5. The molecule has 1 saturated carbocycles. The number of nitrogens with zero attached hydrogens (tertiary/aromatic N) is 1. The quantitative estimate of drug-likeness (QED) is 0.823. The average molecular weight is 307 g/mol. The van der Waals surface area contributed by atoms with Crippen molar-refractivity contribution in [3.8, 4) is 0 Å². The minimum Gasteiger partial charge on any atom is -0.354 e. The second-order valence-corrected chi connectivity index (χ2v) is 7.09. The minimum absolute atomic E-state index is 0.0146. The van der Waals surface area contributed by atoms with Gasteiger partial charge in [-0.3, -0.25) is 4.79 Å². The Morgan fingerprint density at radius 2 is 1.77 bits per heavy atom. The van der Waals surface area contributed by atoms with Crippen molar-refractivity contribution in [3.63, 3.8) is 0 Å². The Labute approximate surface area is 133 Å². The summed E-state index contributed by atoms with van der Waals surface area (Å²) in [5, 5.41) is 5.89. The zero-order chi connectivity index (χ0) is 15.4. The first-order valence-corrected chi connectivity index (χ1v) is 9.10. The standard InChI is InChI=1S/C17H29N3O2/c21-16-14(9-4-5-11-18-16)19-17(22)20-12-6-10-15(20)13-7-2-1-3-8-13/h13-15H,1-12H2,(H,18,21)(H,19,22)/t14-,15+/m0/s1. The van der Waals surface area contributed by atoms with Crippen molar-refractivity contribution in [2.75, 3.05) is 13.1 Å². The summed E-state index contributed by atoms with van der Waals surface area (Å²) in [6, 6.07) is 0.0341. The molecule has 22 heavy (non-hydrogen) atoms. The molecule has 2 saturated heterocycles. The van der Waals surface area contributed by atoms with Gasteiger partial charge >= 0.3 is 6.03 Å². The number of hydrogen-bond donors (Lipinski definition) is 2. The molecule has 2 heterocycles. The van der Waals surface area contributed by atoms with E-state index in [2.05, 4.69) is 10.6 Å². The summed E-state index contributed by atoms with van der Waals surface area (Å²) >= 11 is 0. The van der Waals surface area contributed by atoms with Crippen LogP contribution in [0.15, 0.2) is 0 Å². The minimum atomic E-state index is -0.345. The number of urea groups is 1. The van der Waals surface area contributed by atoms with Crippen LogP contribution in [0.1, 0.15) is 64.2 Å². The number of hydrogen-bond acceptors (Lipinski definition) is 2. The fourth-order valence-electron chi connectivity index (χ4n) is 4.36. The number of carbonyl (C=O) groups is 2. The Balaban J connectivity index is 1.59. The lowest BCUT2D eigenvalue weighted by Gasteiger charge is -2.34. The number of carbonyl (C=O) groups excluding carboxylic acids is 2. The summed E-state index contributed by atoms with van der Waals surface area (Å²) in [6.07, 6.45) is 11.5. The third-order valence-electron chi connectivity index (χ3n) is 5.59. The van der Waals surface area contributed by atoms with Gasteiger partial charge in [-0.25, -0.2) is 4.79 Å². The summed E-state index contributed by atoms with van der Waals surface area (Å²) in [5.74, 6) is 0.657. The first-order chi connectivity index (χ1) is 10.8. The Hall–Kier alpha value is -1.26. The van der Waals surface area contributed by atoms with Gasteiger partial charge in [-0.2, -0.15) is 0 Å². The molecule has 124 valence electrons. The monoisotopic (exact) mass is 307 g/mol. The lowest BCUT2D eigenvalue weighted by atomic mass is 9.83. The molecule has 0 spiro atoms. The van der Waals surface area contributed by atoms with Crippen LogP contribution in [-0.4, -0.2) is 42.0 Å². The third kappa shape index (κ3) is 3.55. The molecule has 3 amide bonds. The Kier molecular flexibility index (Phi) is 5.21. The van der Waals surface area contributed by atoms with E-state index in [-0.39, 0.29) is 18.0 Å². The van der Waals surface area contributed by atoms with E-state index in [0.29, 0.717) is 12.0 Å². The number of amides is 3. The molecule has 3 rings (SSSR count). The molecule has 3 aliphatic rings. The second-order valence-electron chi connectivity index (χ2n) is 7.09. The van der Waals surface area contributed by atoms with E-state index in [9.17, 15) is 9.59 Å². The van der Waals surface area contributed by atoms with E-state index in [0.717, 1.165) is 45.2 Å². The van der Waals surface area contributed by atoms with E-state index >= 15 is 0 Å². The highest BCUT2D eigenvalue weighted by Crippen LogP contribution is 2.34. The SMILES string of the molecule is O=C1NCCCC[C@@H]1NC(=O)N1CCC[C@@H]1C1CCCCC1. The van der Waals surface area contributed by atoms with Crippen LogP contribution in [0.3, 0.4) is 0 Å². The summed E-state index contributed by atoms with van der Waals surface area (Å²) in [4.78, 5) is 26.7. The molecule has 3 fully saturated rings. The van der Waals surface area contributed by atoms with Gasteiger partial charge in [-0.1, -0.05) is 19.3 Å². The van der Waals surface area contributed by atoms with Gasteiger partial charge < -0.3 is 15.5 Å². The molecular formula is C17H29N3O2. The van der Waals surface area contributed by atoms with Gasteiger partial charge in [-0.15, -0.1) is 0 Å². The van der Waals surface area contributed by atoms with Crippen LogP contribution < -0.4 is 10.6 Å². The van der Waals surface area contributed by atoms with Crippen LogP contribution in [0.2, 0.25) is 0 Å². The average Bonchev–Trinajstić information content (AvgIpc) is 2.95. The highest BCUT2D eigenvalue weighted by molar-refractivity contribution is 5.87. The molecule has 5 heteroatoms. The van der Waals surface area contributed by atoms with Crippen molar-refractivity contribution in [1.82, 2.24) is 15.5 Å². The predicted molar refractivity (Wildman–Crippen MR) is 85.5 cm³/mol. The largest absolute Gasteiger partial charge is 0.354 e. The maximum Gasteiger partial charge on any atom is 0.318 e. The molecule has 5 nitrogen and oxygen atoms in total. The highest BCUT2D eigenvalue weighted by atomic mass is 16.2. The van der Waals surface area contributed by atoms with E-state index in [1.807, 2.05) is 4.90 Å². The summed E-state index contributed by atoms with van der Waals surface area (Å²) in [5.41, 5.74) is 0. The van der Waals surface area contributed by atoms with E-state index in [1.165, 1.54) is 32.1 Å². The molecule has 2 N–H and O–H groups in total. The van der Waals surface area contributed by atoms with Gasteiger partial charge in [0.25, 0.3) is 0 Å². The smallest absolute Gasteiger partial charge is 0.318 e. The lowest BCUT2D eigenvalue weighted by Crippen LogP contribution is -2.52. The zero-order valence-corrected chi connectivity index (χ0v) is 13.5. The fourth-order valence-corrected chi connectivity index (χ4v) is 4.36. The van der Waals surface area contributed by atoms with Crippen molar-refractivity contribution in [1.29, 1.82) is 0 Å². The van der Waals surface area contributed by atoms with E-state index in [4.69, 9.17) is 0 Å². The fraction of sp³-hybridized carbons (Fsp3) is 0.882.